The molecule has 0 saturated carbocycles. The lowest BCUT2D eigenvalue weighted by molar-refractivity contribution is 0.399. The highest BCUT2D eigenvalue weighted by Gasteiger charge is 2.13. The van der Waals surface area contributed by atoms with Crippen molar-refractivity contribution in [3.63, 3.8) is 0 Å². The molecule has 3 nitrogen and oxygen atoms in total. The Morgan fingerprint density at radius 1 is 0.463 bits per heavy atom. The van der Waals surface area contributed by atoms with E-state index in [0.29, 0.717) is 0 Å². The van der Waals surface area contributed by atoms with E-state index in [-0.39, 0.29) is 0 Å². The molecule has 268 valence electrons. The summed E-state index contributed by atoms with van der Waals surface area (Å²) in [4.78, 5) is 5.19. The van der Waals surface area contributed by atoms with E-state index in [1.54, 1.807) is 0 Å². The molecule has 6 aromatic carbocycles. The molecule has 0 radical (unpaired) electrons. The van der Waals surface area contributed by atoms with Crippen molar-refractivity contribution in [3.05, 3.63) is 187 Å². The number of nitrogens with two attached hydrogens (primary N) is 1. The second-order valence-corrected chi connectivity index (χ2v) is 13.0. The van der Waals surface area contributed by atoms with Crippen molar-refractivity contribution < 1.29 is 5.11 Å². The number of allylic oxidation sites excluding steroid dienone is 4. The van der Waals surface area contributed by atoms with Gasteiger partial charge in [0.1, 0.15) is 0 Å². The monoisotopic (exact) mass is 704 g/mol. The van der Waals surface area contributed by atoms with Crippen molar-refractivity contribution in [1.29, 1.82) is 0 Å². The van der Waals surface area contributed by atoms with Gasteiger partial charge in [-0.05, 0) is 118 Å². The van der Waals surface area contributed by atoms with E-state index >= 15 is 0 Å². The highest BCUT2D eigenvalue weighted by atomic mass is 16.2. The van der Waals surface area contributed by atoms with E-state index in [9.17, 15) is 0 Å². The normalized spacial score (nSPS) is 11.8. The van der Waals surface area contributed by atoms with Gasteiger partial charge < -0.3 is 10.8 Å². The summed E-state index contributed by atoms with van der Waals surface area (Å²) in [6, 6.07) is 56.1. The van der Waals surface area contributed by atoms with Crippen LogP contribution in [0.2, 0.25) is 0 Å². The third kappa shape index (κ3) is 8.66. The zero-order chi connectivity index (χ0) is 37.9. The highest BCUT2D eigenvalue weighted by molar-refractivity contribution is 5.85. The molecule has 3 heteroatoms. The number of hydrogen-bond donors (Lipinski definition) is 2. The number of hydrogen-bond acceptors (Lipinski definition) is 3. The summed E-state index contributed by atoms with van der Waals surface area (Å²) in [5.41, 5.74) is 24.2. The van der Waals surface area contributed by atoms with Gasteiger partial charge in [-0.15, -0.1) is 0 Å². The van der Waals surface area contributed by atoms with E-state index in [4.69, 9.17) is 15.8 Å². The first-order chi connectivity index (χ1) is 26.6. The number of rotatable bonds is 7. The first-order valence-corrected chi connectivity index (χ1v) is 18.7. The third-order valence-corrected chi connectivity index (χ3v) is 9.49. The van der Waals surface area contributed by atoms with E-state index < -0.39 is 0 Å². The van der Waals surface area contributed by atoms with Crippen molar-refractivity contribution in [2.24, 2.45) is 0 Å². The van der Waals surface area contributed by atoms with Crippen LogP contribution in [0.4, 0.5) is 5.69 Å². The summed E-state index contributed by atoms with van der Waals surface area (Å²) in [7, 11) is 1.00. The number of aliphatic hydroxyl groups is 1. The molecule has 0 bridgehead atoms. The van der Waals surface area contributed by atoms with Gasteiger partial charge in [-0.3, -0.25) is 0 Å². The second kappa shape index (κ2) is 18.0. The van der Waals surface area contributed by atoms with Crippen molar-refractivity contribution >= 4 is 11.3 Å². The van der Waals surface area contributed by atoms with Crippen LogP contribution in [0.15, 0.2) is 176 Å². The number of aromatic nitrogens is 1. The van der Waals surface area contributed by atoms with E-state index in [0.717, 1.165) is 70.4 Å². The van der Waals surface area contributed by atoms with Gasteiger partial charge in [0.15, 0.2) is 0 Å². The molecule has 0 unspecified atom stereocenters. The molecular formula is C51H48N2O. The van der Waals surface area contributed by atoms with Crippen LogP contribution < -0.4 is 5.73 Å². The fourth-order valence-corrected chi connectivity index (χ4v) is 6.81. The Morgan fingerprint density at radius 3 is 1.57 bits per heavy atom. The fraction of sp³-hybridized carbons (Fsp3) is 0.118. The zero-order valence-electron chi connectivity index (χ0n) is 31.6. The lowest BCUT2D eigenvalue weighted by atomic mass is 9.91. The SMILES string of the molecule is CC.CO.Cc1ccc(N)c(-c2cccc(-c3cc(-c4ccc(-c5cc(C6=CCCC=C6)cc(-c6ccccc6)c5)cc4)cc(-c4ccccc4)n3)c2)c1. The topological polar surface area (TPSA) is 59.1 Å². The predicted molar refractivity (Wildman–Crippen MR) is 232 cm³/mol. The summed E-state index contributed by atoms with van der Waals surface area (Å²) in [5.74, 6) is 0. The van der Waals surface area contributed by atoms with Crippen molar-refractivity contribution in [2.75, 3.05) is 12.8 Å². The molecule has 54 heavy (non-hydrogen) atoms. The van der Waals surface area contributed by atoms with Crippen LogP contribution in [-0.4, -0.2) is 17.2 Å². The quantitative estimate of drug-likeness (QED) is 0.162. The Balaban J connectivity index is 0.00000120. The molecule has 1 aliphatic rings. The van der Waals surface area contributed by atoms with Crippen LogP contribution in [0.25, 0.3) is 72.6 Å². The average Bonchev–Trinajstić information content (AvgIpc) is 3.26. The Hall–Kier alpha value is -6.29. The molecular weight excluding hydrogens is 657 g/mol. The minimum atomic E-state index is 0.771. The zero-order valence-corrected chi connectivity index (χ0v) is 31.6. The lowest BCUT2D eigenvalue weighted by Gasteiger charge is -2.14. The Kier molecular flexibility index (Phi) is 12.5. The van der Waals surface area contributed by atoms with Crippen LogP contribution >= 0.6 is 0 Å². The summed E-state index contributed by atoms with van der Waals surface area (Å²) < 4.78 is 0. The summed E-state index contributed by atoms with van der Waals surface area (Å²) in [6.07, 6.45) is 9.07. The van der Waals surface area contributed by atoms with Crippen LogP contribution in [0.5, 0.6) is 0 Å². The minimum Gasteiger partial charge on any atom is -0.400 e. The van der Waals surface area contributed by atoms with Crippen molar-refractivity contribution in [2.45, 2.75) is 33.6 Å². The van der Waals surface area contributed by atoms with E-state index in [1.807, 2.05) is 26.0 Å². The van der Waals surface area contributed by atoms with E-state index in [1.165, 1.54) is 39.0 Å². The van der Waals surface area contributed by atoms with Crippen molar-refractivity contribution in [3.8, 4) is 67.0 Å². The number of aliphatic hydroxyl groups excluding tert-OH is 1. The third-order valence-electron chi connectivity index (χ3n) is 9.49. The van der Waals surface area contributed by atoms with Gasteiger partial charge in [-0.1, -0.05) is 147 Å². The molecule has 0 aliphatic heterocycles. The molecule has 0 spiro atoms. The molecule has 0 saturated heterocycles. The van der Waals surface area contributed by atoms with Gasteiger partial charge in [0.25, 0.3) is 0 Å². The first kappa shape index (κ1) is 37.5. The lowest BCUT2D eigenvalue weighted by Crippen LogP contribution is -1.93. The second-order valence-electron chi connectivity index (χ2n) is 13.0. The Labute approximate surface area is 320 Å². The molecule has 1 heterocycles. The van der Waals surface area contributed by atoms with Gasteiger partial charge in [-0.2, -0.15) is 0 Å². The number of pyridine rings is 1. The van der Waals surface area contributed by atoms with Crippen LogP contribution in [-0.2, 0) is 0 Å². The van der Waals surface area contributed by atoms with Gasteiger partial charge in [0.2, 0.25) is 0 Å². The number of anilines is 1. The first-order valence-electron chi connectivity index (χ1n) is 18.7. The van der Waals surface area contributed by atoms with Gasteiger partial charge >= 0.3 is 0 Å². The molecule has 1 aromatic heterocycles. The van der Waals surface area contributed by atoms with Crippen LogP contribution in [0.3, 0.4) is 0 Å². The highest BCUT2D eigenvalue weighted by Crippen LogP contribution is 2.36. The predicted octanol–water partition coefficient (Wildman–Crippen LogP) is 13.3. The van der Waals surface area contributed by atoms with Crippen molar-refractivity contribution in [1.82, 2.24) is 4.98 Å². The van der Waals surface area contributed by atoms with E-state index in [2.05, 4.69) is 171 Å². The number of benzene rings is 6. The Bertz CT molecular complexity index is 2370. The maximum atomic E-state index is 7.00. The number of nitrogens with zero attached hydrogens (tertiary/aromatic N) is 1. The molecule has 0 atom stereocenters. The standard InChI is InChI=1S/C48H38N2.C2H6.CH4O/c1-33-20-25-46(49)45(26-33)39-18-11-19-40(27-39)48-32-44(31-47(50-48)38-16-9-4-10-17-38)37-23-21-36(22-24-37)43-29-41(34-12-5-2-6-13-34)28-42(30-43)35-14-7-3-8-15-35;2*1-2/h2,4-7,9-32H,3,8,49H2,1H3;1-2H3;2H,1H3. The maximum Gasteiger partial charge on any atom is 0.0715 e. The van der Waals surface area contributed by atoms with Crippen LogP contribution in [0.1, 0.15) is 37.8 Å². The molecule has 7 aromatic rings. The van der Waals surface area contributed by atoms with Gasteiger partial charge in [0, 0.05) is 29.5 Å². The van der Waals surface area contributed by atoms with Crippen LogP contribution in [0, 0.1) is 6.92 Å². The maximum absolute atomic E-state index is 7.00. The van der Waals surface area contributed by atoms with Gasteiger partial charge in [-0.25, -0.2) is 4.98 Å². The molecule has 0 fully saturated rings. The molecule has 0 amide bonds. The summed E-state index contributed by atoms with van der Waals surface area (Å²) in [5, 5.41) is 7.00. The summed E-state index contributed by atoms with van der Waals surface area (Å²) >= 11 is 0. The van der Waals surface area contributed by atoms with Gasteiger partial charge in [0.05, 0.1) is 11.4 Å². The fourth-order valence-electron chi connectivity index (χ4n) is 6.81. The number of nitrogen functional groups attached to an aromatic ring is 1. The molecule has 3 N–H and O–H groups in total. The molecule has 8 rings (SSSR count). The smallest absolute Gasteiger partial charge is 0.0715 e. The average molecular weight is 705 g/mol. The summed E-state index contributed by atoms with van der Waals surface area (Å²) in [6.45, 7) is 6.10. The molecule has 1 aliphatic carbocycles. The Morgan fingerprint density at radius 2 is 0.963 bits per heavy atom. The number of aryl methyl sites for hydroxylation is 1. The largest absolute Gasteiger partial charge is 0.400 e. The minimum absolute atomic E-state index is 0.771.